The summed E-state index contributed by atoms with van der Waals surface area (Å²) in [6.07, 6.45) is -2.73. The first kappa shape index (κ1) is 23.6. The SMILES string of the molecule is CCCNS(=O)(=O)c1ccc(Nc2nc(C(F)(F)F)nc3c2cnn3Cc2ccccc2)cc1. The maximum atomic E-state index is 13.5. The fraction of sp³-hybridized carbons (Fsp3) is 0.227. The molecular formula is C22H21F3N6O2S. The molecule has 0 radical (unpaired) electrons. The van der Waals surface area contributed by atoms with Crippen LogP contribution in [0.25, 0.3) is 11.0 Å². The van der Waals surface area contributed by atoms with Crippen molar-refractivity contribution in [3.63, 3.8) is 0 Å². The Bertz CT molecular complexity index is 1390. The summed E-state index contributed by atoms with van der Waals surface area (Å²) in [6.45, 7) is 2.37. The summed E-state index contributed by atoms with van der Waals surface area (Å²) in [5, 5.41) is 7.35. The van der Waals surface area contributed by atoms with Crippen LogP contribution in [-0.4, -0.2) is 34.7 Å². The topological polar surface area (TPSA) is 102 Å². The van der Waals surface area contributed by atoms with Gasteiger partial charge in [-0.05, 0) is 36.2 Å². The molecule has 0 aliphatic carbocycles. The predicted molar refractivity (Wildman–Crippen MR) is 121 cm³/mol. The second kappa shape index (κ2) is 9.39. The van der Waals surface area contributed by atoms with Gasteiger partial charge >= 0.3 is 6.18 Å². The molecule has 12 heteroatoms. The molecule has 0 atom stereocenters. The lowest BCUT2D eigenvalue weighted by molar-refractivity contribution is -0.144. The zero-order chi connectivity index (χ0) is 24.3. The molecule has 2 N–H and O–H groups in total. The number of benzene rings is 2. The zero-order valence-corrected chi connectivity index (χ0v) is 18.9. The molecule has 0 spiro atoms. The normalized spacial score (nSPS) is 12.2. The van der Waals surface area contributed by atoms with Crippen molar-refractivity contribution in [1.82, 2.24) is 24.5 Å². The van der Waals surface area contributed by atoms with E-state index < -0.39 is 22.0 Å². The van der Waals surface area contributed by atoms with Gasteiger partial charge in [-0.2, -0.15) is 18.3 Å². The number of hydrogen-bond acceptors (Lipinski definition) is 6. The molecule has 8 nitrogen and oxygen atoms in total. The van der Waals surface area contributed by atoms with E-state index in [1.54, 1.807) is 0 Å². The smallest absolute Gasteiger partial charge is 0.340 e. The second-order valence-electron chi connectivity index (χ2n) is 7.47. The van der Waals surface area contributed by atoms with Crippen LogP contribution in [0.4, 0.5) is 24.7 Å². The summed E-state index contributed by atoms with van der Waals surface area (Å²) in [6, 6.07) is 14.8. The van der Waals surface area contributed by atoms with E-state index in [-0.39, 0.29) is 22.9 Å². The molecule has 0 unspecified atom stereocenters. The van der Waals surface area contributed by atoms with Gasteiger partial charge in [0.25, 0.3) is 0 Å². The molecule has 178 valence electrons. The number of aromatic nitrogens is 4. The molecule has 0 saturated heterocycles. The van der Waals surface area contributed by atoms with Gasteiger partial charge in [-0.25, -0.2) is 27.8 Å². The molecular weight excluding hydrogens is 469 g/mol. The van der Waals surface area contributed by atoms with Gasteiger partial charge in [-0.15, -0.1) is 0 Å². The highest BCUT2D eigenvalue weighted by atomic mass is 32.2. The number of nitrogens with one attached hydrogen (secondary N) is 2. The van der Waals surface area contributed by atoms with Gasteiger partial charge in [0.05, 0.1) is 23.0 Å². The Morgan fingerprint density at radius 2 is 1.71 bits per heavy atom. The quantitative estimate of drug-likeness (QED) is 0.381. The second-order valence-corrected chi connectivity index (χ2v) is 9.23. The number of fused-ring (bicyclic) bond motifs is 1. The summed E-state index contributed by atoms with van der Waals surface area (Å²) in [5.41, 5.74) is 1.23. The Labute approximate surface area is 193 Å². The van der Waals surface area contributed by atoms with Crippen molar-refractivity contribution in [2.24, 2.45) is 0 Å². The van der Waals surface area contributed by atoms with Crippen molar-refractivity contribution in [2.45, 2.75) is 31.0 Å². The number of rotatable bonds is 8. The van der Waals surface area contributed by atoms with Gasteiger partial charge in [0, 0.05) is 12.2 Å². The number of alkyl halides is 3. The number of sulfonamides is 1. The van der Waals surface area contributed by atoms with Gasteiger partial charge < -0.3 is 5.32 Å². The molecule has 4 aromatic rings. The lowest BCUT2D eigenvalue weighted by Crippen LogP contribution is -2.24. The Hall–Kier alpha value is -3.51. The van der Waals surface area contributed by atoms with E-state index in [4.69, 9.17) is 0 Å². The van der Waals surface area contributed by atoms with Crippen LogP contribution in [0, 0.1) is 0 Å². The average molecular weight is 491 g/mol. The highest BCUT2D eigenvalue weighted by molar-refractivity contribution is 7.89. The van der Waals surface area contributed by atoms with Crippen LogP contribution >= 0.6 is 0 Å². The summed E-state index contributed by atoms with van der Waals surface area (Å²) < 4.78 is 68.9. The van der Waals surface area contributed by atoms with Crippen molar-refractivity contribution >= 4 is 32.6 Å². The minimum absolute atomic E-state index is 0.0247. The zero-order valence-electron chi connectivity index (χ0n) is 18.0. The van der Waals surface area contributed by atoms with Crippen LogP contribution in [0.2, 0.25) is 0 Å². The van der Waals surface area contributed by atoms with Crippen molar-refractivity contribution < 1.29 is 21.6 Å². The van der Waals surface area contributed by atoms with E-state index in [0.29, 0.717) is 24.0 Å². The maximum Gasteiger partial charge on any atom is 0.451 e. The lowest BCUT2D eigenvalue weighted by atomic mass is 10.2. The Morgan fingerprint density at radius 3 is 2.35 bits per heavy atom. The van der Waals surface area contributed by atoms with Crippen LogP contribution in [-0.2, 0) is 22.7 Å². The molecule has 0 aliphatic heterocycles. The molecule has 34 heavy (non-hydrogen) atoms. The fourth-order valence-corrected chi connectivity index (χ4v) is 4.36. The number of halogens is 3. The summed E-state index contributed by atoms with van der Waals surface area (Å²) in [5.74, 6) is -1.39. The van der Waals surface area contributed by atoms with E-state index in [2.05, 4.69) is 25.1 Å². The molecule has 0 fully saturated rings. The van der Waals surface area contributed by atoms with Crippen LogP contribution in [0.15, 0.2) is 65.7 Å². The summed E-state index contributed by atoms with van der Waals surface area (Å²) in [4.78, 5) is 7.43. The van der Waals surface area contributed by atoms with E-state index in [0.717, 1.165) is 5.56 Å². The Morgan fingerprint density at radius 1 is 1.00 bits per heavy atom. The number of nitrogens with zero attached hydrogens (tertiary/aromatic N) is 4. The fourth-order valence-electron chi connectivity index (χ4n) is 3.22. The minimum Gasteiger partial charge on any atom is -0.340 e. The first-order valence-corrected chi connectivity index (χ1v) is 11.9. The lowest BCUT2D eigenvalue weighted by Gasteiger charge is -2.12. The van der Waals surface area contributed by atoms with Gasteiger partial charge in [-0.3, -0.25) is 0 Å². The van der Waals surface area contributed by atoms with E-state index >= 15 is 0 Å². The van der Waals surface area contributed by atoms with E-state index in [1.807, 2.05) is 37.3 Å². The van der Waals surface area contributed by atoms with Crippen molar-refractivity contribution in [2.75, 3.05) is 11.9 Å². The van der Waals surface area contributed by atoms with Crippen LogP contribution in [0.5, 0.6) is 0 Å². The third-order valence-corrected chi connectivity index (χ3v) is 6.37. The largest absolute Gasteiger partial charge is 0.451 e. The Kier molecular flexibility index (Phi) is 6.53. The molecule has 0 saturated carbocycles. The molecule has 0 aliphatic rings. The standard InChI is InChI=1S/C22H21F3N6O2S/c1-2-12-27-34(32,33)17-10-8-16(9-11-17)28-19-18-13-26-31(14-15-6-4-3-5-7-15)20(18)30-21(29-19)22(23,24)25/h3-11,13,27H,2,12,14H2,1H3,(H,28,29,30). The van der Waals surface area contributed by atoms with Crippen molar-refractivity contribution in [1.29, 1.82) is 0 Å². The highest BCUT2D eigenvalue weighted by Crippen LogP contribution is 2.32. The molecule has 2 heterocycles. The summed E-state index contributed by atoms with van der Waals surface area (Å²) in [7, 11) is -3.66. The summed E-state index contributed by atoms with van der Waals surface area (Å²) >= 11 is 0. The molecule has 2 aromatic heterocycles. The molecule has 0 amide bonds. The van der Waals surface area contributed by atoms with Gasteiger partial charge in [0.15, 0.2) is 5.65 Å². The van der Waals surface area contributed by atoms with Gasteiger partial charge in [-0.1, -0.05) is 37.3 Å². The average Bonchev–Trinajstić information content (AvgIpc) is 3.21. The Balaban J connectivity index is 1.69. The first-order valence-electron chi connectivity index (χ1n) is 10.4. The van der Waals surface area contributed by atoms with Crippen LogP contribution in [0.1, 0.15) is 24.7 Å². The number of anilines is 2. The monoisotopic (exact) mass is 490 g/mol. The highest BCUT2D eigenvalue weighted by Gasteiger charge is 2.36. The predicted octanol–water partition coefficient (Wildman–Crippen LogP) is 4.33. The van der Waals surface area contributed by atoms with Crippen molar-refractivity contribution in [3.8, 4) is 0 Å². The molecule has 2 aromatic carbocycles. The maximum absolute atomic E-state index is 13.5. The third kappa shape index (κ3) is 5.18. The third-order valence-electron chi connectivity index (χ3n) is 4.89. The first-order chi connectivity index (χ1) is 16.2. The van der Waals surface area contributed by atoms with Crippen LogP contribution < -0.4 is 10.0 Å². The van der Waals surface area contributed by atoms with E-state index in [1.165, 1.54) is 35.1 Å². The molecule has 4 rings (SSSR count). The van der Waals surface area contributed by atoms with Crippen molar-refractivity contribution in [3.05, 3.63) is 72.2 Å². The van der Waals surface area contributed by atoms with Gasteiger partial charge in [0.2, 0.25) is 15.8 Å². The van der Waals surface area contributed by atoms with Gasteiger partial charge in [0.1, 0.15) is 5.82 Å². The van der Waals surface area contributed by atoms with E-state index in [9.17, 15) is 21.6 Å². The van der Waals surface area contributed by atoms with Crippen LogP contribution in [0.3, 0.4) is 0 Å². The number of hydrogen-bond donors (Lipinski definition) is 2. The molecule has 0 bridgehead atoms. The minimum atomic E-state index is -4.77.